The molecule has 0 spiro atoms. The van der Waals surface area contributed by atoms with Crippen LogP contribution in [0.2, 0.25) is 0 Å². The lowest BCUT2D eigenvalue weighted by molar-refractivity contribution is 0.627. The van der Waals surface area contributed by atoms with Crippen LogP contribution in [0.4, 0.5) is 10.1 Å². The number of halogens is 1. The number of hydrogen-bond acceptors (Lipinski definition) is 1. The molecule has 88 valence electrons. The molecule has 0 aliphatic heterocycles. The largest absolute Gasteiger partial charge is 0.381 e. The minimum absolute atomic E-state index is 0.194. The minimum Gasteiger partial charge on any atom is -0.381 e. The second kappa shape index (κ2) is 5.00. The first kappa shape index (κ1) is 11.6. The Morgan fingerprint density at radius 2 is 1.53 bits per heavy atom. The van der Waals surface area contributed by atoms with Gasteiger partial charge in [-0.3, -0.25) is 0 Å². The van der Waals surface area contributed by atoms with Crippen LogP contribution in [0.5, 0.6) is 0 Å². The van der Waals surface area contributed by atoms with Crippen molar-refractivity contribution in [2.75, 3.05) is 5.32 Å². The molecule has 1 nitrogen and oxygen atoms in total. The summed E-state index contributed by atoms with van der Waals surface area (Å²) in [5.74, 6) is -0.194. The molecule has 0 aromatic heterocycles. The number of benzene rings is 2. The number of anilines is 1. The Kier molecular flexibility index (Phi) is 3.43. The molecule has 0 atom stereocenters. The molecule has 0 saturated heterocycles. The lowest BCUT2D eigenvalue weighted by Gasteiger charge is -2.08. The van der Waals surface area contributed by atoms with E-state index in [1.165, 1.54) is 23.3 Å². The molecule has 0 radical (unpaired) electrons. The molecule has 0 aliphatic rings. The maximum Gasteiger partial charge on any atom is 0.123 e. The van der Waals surface area contributed by atoms with E-state index in [1.54, 1.807) is 12.1 Å². The molecule has 1 N–H and O–H groups in total. The van der Waals surface area contributed by atoms with Crippen LogP contribution in [-0.2, 0) is 6.54 Å². The smallest absolute Gasteiger partial charge is 0.123 e. The van der Waals surface area contributed by atoms with Crippen LogP contribution in [0.3, 0.4) is 0 Å². The molecule has 2 aromatic carbocycles. The summed E-state index contributed by atoms with van der Waals surface area (Å²) in [6.07, 6.45) is 0. The molecule has 0 saturated carbocycles. The molecule has 2 rings (SSSR count). The van der Waals surface area contributed by atoms with Crippen molar-refractivity contribution in [1.82, 2.24) is 0 Å². The molecule has 0 fully saturated rings. The topological polar surface area (TPSA) is 12.0 Å². The molecular weight excluding hydrogens is 213 g/mol. The monoisotopic (exact) mass is 229 g/mol. The van der Waals surface area contributed by atoms with Gasteiger partial charge in [0, 0.05) is 12.2 Å². The van der Waals surface area contributed by atoms with E-state index in [0.717, 1.165) is 11.3 Å². The van der Waals surface area contributed by atoms with Gasteiger partial charge in [-0.15, -0.1) is 0 Å². The van der Waals surface area contributed by atoms with Crippen molar-refractivity contribution in [2.45, 2.75) is 20.4 Å². The van der Waals surface area contributed by atoms with E-state index in [4.69, 9.17) is 0 Å². The van der Waals surface area contributed by atoms with E-state index in [-0.39, 0.29) is 5.82 Å². The zero-order valence-electron chi connectivity index (χ0n) is 10.1. The zero-order valence-corrected chi connectivity index (χ0v) is 10.1. The lowest BCUT2D eigenvalue weighted by atomic mass is 10.1. The first-order chi connectivity index (χ1) is 8.13. The van der Waals surface area contributed by atoms with Crippen LogP contribution in [-0.4, -0.2) is 0 Å². The van der Waals surface area contributed by atoms with Crippen LogP contribution in [0.25, 0.3) is 0 Å². The summed E-state index contributed by atoms with van der Waals surface area (Å²) < 4.78 is 12.7. The van der Waals surface area contributed by atoms with Crippen molar-refractivity contribution in [1.29, 1.82) is 0 Å². The van der Waals surface area contributed by atoms with Crippen LogP contribution in [0.1, 0.15) is 16.7 Å². The number of hydrogen-bond donors (Lipinski definition) is 1. The summed E-state index contributed by atoms with van der Waals surface area (Å²) in [6.45, 7) is 4.87. The molecule has 0 bridgehead atoms. The average molecular weight is 229 g/mol. The second-order valence-electron chi connectivity index (χ2n) is 4.36. The Hall–Kier alpha value is -1.83. The van der Waals surface area contributed by atoms with Crippen molar-refractivity contribution < 1.29 is 4.39 Å². The fourth-order valence-corrected chi connectivity index (χ4v) is 1.88. The summed E-state index contributed by atoms with van der Waals surface area (Å²) in [5.41, 5.74) is 4.66. The lowest BCUT2D eigenvalue weighted by Crippen LogP contribution is -1.99. The highest BCUT2D eigenvalue weighted by Crippen LogP contribution is 2.15. The Morgan fingerprint density at radius 1 is 0.941 bits per heavy atom. The van der Waals surface area contributed by atoms with Gasteiger partial charge in [-0.05, 0) is 54.8 Å². The standard InChI is InChI=1S/C15H16FN/c1-11-7-12(2)9-15(8-11)17-10-13-3-5-14(16)6-4-13/h3-9,17H,10H2,1-2H3. The Labute approximate surface area is 101 Å². The van der Waals surface area contributed by atoms with E-state index < -0.39 is 0 Å². The molecule has 0 amide bonds. The molecule has 0 aliphatic carbocycles. The predicted molar refractivity (Wildman–Crippen MR) is 69.6 cm³/mol. The van der Waals surface area contributed by atoms with Gasteiger partial charge in [-0.1, -0.05) is 18.2 Å². The van der Waals surface area contributed by atoms with Gasteiger partial charge in [0.15, 0.2) is 0 Å². The first-order valence-electron chi connectivity index (χ1n) is 5.70. The fourth-order valence-electron chi connectivity index (χ4n) is 1.88. The van der Waals surface area contributed by atoms with Gasteiger partial charge in [-0.2, -0.15) is 0 Å². The van der Waals surface area contributed by atoms with Crippen LogP contribution < -0.4 is 5.32 Å². The van der Waals surface area contributed by atoms with E-state index >= 15 is 0 Å². The van der Waals surface area contributed by atoms with Crippen LogP contribution in [0.15, 0.2) is 42.5 Å². The number of aryl methyl sites for hydroxylation is 2. The molecule has 0 heterocycles. The van der Waals surface area contributed by atoms with Gasteiger partial charge in [0.1, 0.15) is 5.82 Å². The van der Waals surface area contributed by atoms with E-state index in [0.29, 0.717) is 6.54 Å². The maximum absolute atomic E-state index is 12.7. The minimum atomic E-state index is -0.194. The van der Waals surface area contributed by atoms with Gasteiger partial charge in [0.25, 0.3) is 0 Å². The van der Waals surface area contributed by atoms with Gasteiger partial charge >= 0.3 is 0 Å². The van der Waals surface area contributed by atoms with Crippen LogP contribution >= 0.6 is 0 Å². The molecule has 17 heavy (non-hydrogen) atoms. The third kappa shape index (κ3) is 3.31. The third-order valence-corrected chi connectivity index (χ3v) is 2.63. The third-order valence-electron chi connectivity index (χ3n) is 2.63. The van der Waals surface area contributed by atoms with Crippen LogP contribution in [0, 0.1) is 19.7 Å². The Morgan fingerprint density at radius 3 is 2.12 bits per heavy atom. The highest BCUT2D eigenvalue weighted by Gasteiger charge is 1.97. The van der Waals surface area contributed by atoms with Crippen molar-refractivity contribution in [3.63, 3.8) is 0 Å². The molecular formula is C15H16FN. The van der Waals surface area contributed by atoms with Crippen molar-refractivity contribution in [3.05, 3.63) is 65.0 Å². The highest BCUT2D eigenvalue weighted by atomic mass is 19.1. The normalized spacial score (nSPS) is 10.3. The average Bonchev–Trinajstić information content (AvgIpc) is 2.27. The molecule has 2 aromatic rings. The molecule has 2 heteroatoms. The summed E-state index contributed by atoms with van der Waals surface area (Å²) in [4.78, 5) is 0. The fraction of sp³-hybridized carbons (Fsp3) is 0.200. The van der Waals surface area contributed by atoms with E-state index in [2.05, 4.69) is 37.4 Å². The van der Waals surface area contributed by atoms with Crippen molar-refractivity contribution in [3.8, 4) is 0 Å². The summed E-state index contributed by atoms with van der Waals surface area (Å²) >= 11 is 0. The van der Waals surface area contributed by atoms with Gasteiger partial charge in [0.05, 0.1) is 0 Å². The van der Waals surface area contributed by atoms with Crippen molar-refractivity contribution in [2.24, 2.45) is 0 Å². The summed E-state index contributed by atoms with van der Waals surface area (Å²) in [6, 6.07) is 12.9. The number of rotatable bonds is 3. The summed E-state index contributed by atoms with van der Waals surface area (Å²) in [5, 5.41) is 3.34. The SMILES string of the molecule is Cc1cc(C)cc(NCc2ccc(F)cc2)c1. The van der Waals surface area contributed by atoms with Gasteiger partial charge in [-0.25, -0.2) is 4.39 Å². The Bertz CT molecular complexity index is 483. The second-order valence-corrected chi connectivity index (χ2v) is 4.36. The summed E-state index contributed by atoms with van der Waals surface area (Å²) in [7, 11) is 0. The first-order valence-corrected chi connectivity index (χ1v) is 5.70. The highest BCUT2D eigenvalue weighted by molar-refractivity contribution is 5.48. The molecule has 0 unspecified atom stereocenters. The predicted octanol–water partition coefficient (Wildman–Crippen LogP) is 4.05. The van der Waals surface area contributed by atoms with Gasteiger partial charge < -0.3 is 5.32 Å². The Balaban J connectivity index is 2.04. The maximum atomic E-state index is 12.7. The zero-order chi connectivity index (χ0) is 12.3. The number of nitrogens with one attached hydrogen (secondary N) is 1. The van der Waals surface area contributed by atoms with E-state index in [9.17, 15) is 4.39 Å². The quantitative estimate of drug-likeness (QED) is 0.837. The van der Waals surface area contributed by atoms with Crippen molar-refractivity contribution >= 4 is 5.69 Å². The van der Waals surface area contributed by atoms with E-state index in [1.807, 2.05) is 0 Å². The van der Waals surface area contributed by atoms with Gasteiger partial charge in [0.2, 0.25) is 0 Å².